The average molecular weight is 534 g/mol. The first-order valence-electron chi connectivity index (χ1n) is 10.6. The Morgan fingerprint density at radius 2 is 1.97 bits per heavy atom. The summed E-state index contributed by atoms with van der Waals surface area (Å²) < 4.78 is 11.3. The maximum atomic E-state index is 10.6. The van der Waals surface area contributed by atoms with Crippen LogP contribution in [0.2, 0.25) is 0 Å². The molecule has 0 amide bonds. The zero-order valence-corrected chi connectivity index (χ0v) is 21.3. The molecule has 1 atom stereocenters. The van der Waals surface area contributed by atoms with E-state index in [2.05, 4.69) is 29.6 Å². The highest BCUT2D eigenvalue weighted by Crippen LogP contribution is 2.26. The van der Waals surface area contributed by atoms with Gasteiger partial charge in [0.05, 0.1) is 18.8 Å². The van der Waals surface area contributed by atoms with Gasteiger partial charge < -0.3 is 30.1 Å². The van der Waals surface area contributed by atoms with Crippen LogP contribution in [0.5, 0.6) is 5.75 Å². The van der Waals surface area contributed by atoms with Crippen molar-refractivity contribution in [2.75, 3.05) is 46.9 Å². The van der Waals surface area contributed by atoms with Crippen LogP contribution in [0.3, 0.4) is 0 Å². The Morgan fingerprint density at radius 1 is 1.27 bits per heavy atom. The highest BCUT2D eigenvalue weighted by atomic mass is 127. The van der Waals surface area contributed by atoms with Crippen molar-refractivity contribution in [2.45, 2.75) is 51.4 Å². The Kier molecular flexibility index (Phi) is 12.0. The molecular weight excluding hydrogens is 495 g/mol. The number of aliphatic hydroxyl groups is 1. The molecule has 1 aromatic carbocycles. The lowest BCUT2D eigenvalue weighted by molar-refractivity contribution is -0.00255. The third-order valence-electron chi connectivity index (χ3n) is 5.33. The molecule has 0 aliphatic carbocycles. The summed E-state index contributed by atoms with van der Waals surface area (Å²) in [6.07, 6.45) is 1.38. The molecule has 1 fully saturated rings. The maximum absolute atomic E-state index is 10.6. The van der Waals surface area contributed by atoms with Gasteiger partial charge in [-0.3, -0.25) is 4.99 Å². The number of nitrogens with zero attached hydrogens (tertiary/aromatic N) is 2. The Morgan fingerprint density at radius 3 is 2.57 bits per heavy atom. The summed E-state index contributed by atoms with van der Waals surface area (Å²) in [4.78, 5) is 7.08. The molecule has 1 heterocycles. The predicted molar refractivity (Wildman–Crippen MR) is 133 cm³/mol. The number of aliphatic hydroxyl groups excluding tert-OH is 1. The standard InChI is InChI=1S/C22H38N4O3.HI/c1-6-23-21(25-16-22(26(4)5)10-12-28-13-11-22)24-15-20(27)18-8-7-9-19(14-18)29-17(2)3;/h7-9,14,17,20,27H,6,10-13,15-16H2,1-5H3,(H2,23,24,25);1H. The minimum Gasteiger partial charge on any atom is -0.491 e. The number of hydrogen-bond donors (Lipinski definition) is 3. The molecule has 8 heteroatoms. The van der Waals surface area contributed by atoms with E-state index in [1.54, 1.807) is 0 Å². The van der Waals surface area contributed by atoms with Gasteiger partial charge in [-0.05, 0) is 65.4 Å². The number of ether oxygens (including phenoxy) is 2. The predicted octanol–water partition coefficient (Wildman–Crippen LogP) is 2.79. The van der Waals surface area contributed by atoms with Crippen LogP contribution in [0.15, 0.2) is 29.3 Å². The van der Waals surface area contributed by atoms with Crippen LogP contribution in [0.4, 0.5) is 0 Å². The summed E-state index contributed by atoms with van der Waals surface area (Å²) >= 11 is 0. The van der Waals surface area contributed by atoms with Crippen molar-refractivity contribution in [3.63, 3.8) is 0 Å². The quantitative estimate of drug-likeness (QED) is 0.257. The molecule has 1 aliphatic heterocycles. The van der Waals surface area contributed by atoms with Gasteiger partial charge in [-0.15, -0.1) is 24.0 Å². The second-order valence-corrected chi connectivity index (χ2v) is 8.06. The largest absolute Gasteiger partial charge is 0.491 e. The van der Waals surface area contributed by atoms with Crippen molar-refractivity contribution in [3.8, 4) is 5.75 Å². The summed E-state index contributed by atoms with van der Waals surface area (Å²) in [5, 5.41) is 17.2. The molecule has 0 saturated carbocycles. The zero-order chi connectivity index (χ0) is 21.3. The third-order valence-corrected chi connectivity index (χ3v) is 5.33. The van der Waals surface area contributed by atoms with E-state index in [1.807, 2.05) is 45.0 Å². The fourth-order valence-corrected chi connectivity index (χ4v) is 3.44. The molecule has 0 radical (unpaired) electrons. The molecule has 0 bridgehead atoms. The van der Waals surface area contributed by atoms with Gasteiger partial charge in [0.25, 0.3) is 0 Å². The van der Waals surface area contributed by atoms with Crippen LogP contribution >= 0.6 is 24.0 Å². The van der Waals surface area contributed by atoms with Gasteiger partial charge in [0.15, 0.2) is 5.96 Å². The molecule has 2 rings (SSSR count). The minimum absolute atomic E-state index is 0. The topological polar surface area (TPSA) is 78.4 Å². The van der Waals surface area contributed by atoms with E-state index in [-0.39, 0.29) is 35.6 Å². The van der Waals surface area contributed by atoms with E-state index >= 15 is 0 Å². The van der Waals surface area contributed by atoms with Crippen molar-refractivity contribution >= 4 is 29.9 Å². The van der Waals surface area contributed by atoms with Gasteiger partial charge in [0, 0.05) is 31.8 Å². The third kappa shape index (κ3) is 8.20. The average Bonchev–Trinajstić information content (AvgIpc) is 2.70. The van der Waals surface area contributed by atoms with Crippen LogP contribution in [0.25, 0.3) is 0 Å². The first kappa shape index (κ1) is 26.9. The Labute approximate surface area is 198 Å². The summed E-state index contributed by atoms with van der Waals surface area (Å²) in [6, 6.07) is 7.61. The summed E-state index contributed by atoms with van der Waals surface area (Å²) in [7, 11) is 4.22. The number of hydrogen-bond acceptors (Lipinski definition) is 5. The normalized spacial score (nSPS) is 17.4. The Hall–Kier alpha value is -1.10. The van der Waals surface area contributed by atoms with Gasteiger partial charge in [-0.1, -0.05) is 12.1 Å². The van der Waals surface area contributed by atoms with E-state index in [9.17, 15) is 5.11 Å². The lowest BCUT2D eigenvalue weighted by Crippen LogP contribution is -2.52. The highest BCUT2D eigenvalue weighted by Gasteiger charge is 2.34. The van der Waals surface area contributed by atoms with Crippen molar-refractivity contribution in [1.29, 1.82) is 0 Å². The molecule has 30 heavy (non-hydrogen) atoms. The molecule has 172 valence electrons. The van der Waals surface area contributed by atoms with Crippen LogP contribution in [0, 0.1) is 0 Å². The molecule has 0 aromatic heterocycles. The zero-order valence-electron chi connectivity index (χ0n) is 19.0. The number of aliphatic imine (C=N–C) groups is 1. The SMILES string of the molecule is CCNC(=NCC1(N(C)C)CCOCC1)NCC(O)c1cccc(OC(C)C)c1.I. The monoisotopic (exact) mass is 534 g/mol. The fraction of sp³-hybridized carbons (Fsp3) is 0.682. The number of likely N-dealkylation sites (N-methyl/N-ethyl adjacent to an activating group) is 1. The Bertz CT molecular complexity index is 649. The van der Waals surface area contributed by atoms with Crippen molar-refractivity contribution in [1.82, 2.24) is 15.5 Å². The van der Waals surface area contributed by atoms with Crippen LogP contribution in [0.1, 0.15) is 45.3 Å². The lowest BCUT2D eigenvalue weighted by Gasteiger charge is -2.41. The number of guanidine groups is 1. The summed E-state index contributed by atoms with van der Waals surface area (Å²) in [6.45, 7) is 9.37. The summed E-state index contributed by atoms with van der Waals surface area (Å²) in [5.74, 6) is 1.48. The van der Waals surface area contributed by atoms with Gasteiger partial charge in [-0.25, -0.2) is 0 Å². The molecule has 1 saturated heterocycles. The van der Waals surface area contributed by atoms with E-state index in [0.29, 0.717) is 19.0 Å². The lowest BCUT2D eigenvalue weighted by atomic mass is 9.89. The van der Waals surface area contributed by atoms with Crippen molar-refractivity contribution in [3.05, 3.63) is 29.8 Å². The fourth-order valence-electron chi connectivity index (χ4n) is 3.44. The first-order valence-corrected chi connectivity index (χ1v) is 10.6. The van der Waals surface area contributed by atoms with Crippen LogP contribution in [-0.4, -0.2) is 74.6 Å². The maximum Gasteiger partial charge on any atom is 0.191 e. The molecule has 1 unspecified atom stereocenters. The van der Waals surface area contributed by atoms with E-state index < -0.39 is 6.10 Å². The van der Waals surface area contributed by atoms with Crippen molar-refractivity contribution in [2.24, 2.45) is 4.99 Å². The van der Waals surface area contributed by atoms with Crippen LogP contribution < -0.4 is 15.4 Å². The number of halogens is 1. The smallest absolute Gasteiger partial charge is 0.191 e. The van der Waals surface area contributed by atoms with Gasteiger partial charge >= 0.3 is 0 Å². The molecule has 7 nitrogen and oxygen atoms in total. The van der Waals surface area contributed by atoms with Gasteiger partial charge in [0.2, 0.25) is 0 Å². The second-order valence-electron chi connectivity index (χ2n) is 8.06. The molecule has 1 aromatic rings. The summed E-state index contributed by atoms with van der Waals surface area (Å²) in [5.41, 5.74) is 0.836. The van der Waals surface area contributed by atoms with Crippen molar-refractivity contribution < 1.29 is 14.6 Å². The van der Waals surface area contributed by atoms with Gasteiger partial charge in [-0.2, -0.15) is 0 Å². The first-order chi connectivity index (χ1) is 13.9. The number of nitrogens with one attached hydrogen (secondary N) is 2. The van der Waals surface area contributed by atoms with E-state index in [0.717, 1.165) is 43.9 Å². The molecule has 1 aliphatic rings. The van der Waals surface area contributed by atoms with Gasteiger partial charge in [0.1, 0.15) is 5.75 Å². The number of benzene rings is 1. The molecular formula is C22H39IN4O3. The molecule has 3 N–H and O–H groups in total. The van der Waals surface area contributed by atoms with E-state index in [4.69, 9.17) is 14.5 Å². The highest BCUT2D eigenvalue weighted by molar-refractivity contribution is 14.0. The van der Waals surface area contributed by atoms with Crippen LogP contribution in [-0.2, 0) is 4.74 Å². The van der Waals surface area contributed by atoms with E-state index in [1.165, 1.54) is 0 Å². The Balaban J connectivity index is 0.00000450. The minimum atomic E-state index is -0.652. The number of rotatable bonds is 9. The second kappa shape index (κ2) is 13.3. The molecule has 0 spiro atoms.